The molecule has 0 radical (unpaired) electrons. The maximum atomic E-state index is 15.9. The van der Waals surface area contributed by atoms with E-state index in [-0.39, 0.29) is 64.8 Å². The summed E-state index contributed by atoms with van der Waals surface area (Å²) in [6.45, 7) is 14.5. The second-order valence-corrected chi connectivity index (χ2v) is 21.7. The van der Waals surface area contributed by atoms with Crippen LogP contribution in [0.5, 0.6) is 23.0 Å². The zero-order valence-electron chi connectivity index (χ0n) is 42.7. The van der Waals surface area contributed by atoms with Gasteiger partial charge in [-0.15, -0.1) is 0 Å². The molecule has 15 nitrogen and oxygen atoms in total. The average Bonchev–Trinajstić information content (AvgIpc) is 3.51. The first-order valence-electron chi connectivity index (χ1n) is 25.0. The minimum absolute atomic E-state index is 0.0303. The molecule has 4 bridgehead atoms. The van der Waals surface area contributed by atoms with E-state index in [0.29, 0.717) is 46.7 Å². The van der Waals surface area contributed by atoms with Gasteiger partial charge in [0.1, 0.15) is 59.4 Å². The van der Waals surface area contributed by atoms with E-state index in [4.69, 9.17) is 44.8 Å². The van der Waals surface area contributed by atoms with Crippen molar-refractivity contribution in [3.8, 4) is 23.0 Å². The van der Waals surface area contributed by atoms with Crippen LogP contribution >= 0.6 is 11.6 Å². The predicted molar refractivity (Wildman–Crippen MR) is 272 cm³/mol. The molecule has 0 amide bonds. The van der Waals surface area contributed by atoms with Crippen LogP contribution in [-0.4, -0.2) is 104 Å². The molecule has 1 saturated carbocycles. The molecule has 4 heterocycles. The summed E-state index contributed by atoms with van der Waals surface area (Å²) in [5.41, 5.74) is -1.36. The van der Waals surface area contributed by atoms with E-state index >= 15 is 9.59 Å². The van der Waals surface area contributed by atoms with Crippen LogP contribution in [0, 0.1) is 11.8 Å². The minimum atomic E-state index is -1.79. The standard InChI is InChI=1S/C58H63ClO15/c1-30(2)12-11-23-56(8)24-22-38-48(72-56)37(20-15-31(3)4)50-43(49(38)71-53(67)33-16-18-36(19-17-33)69-54-47(64)46(63)45(62)41(28-60)70-54)44(61)39-26-35-27-42-55(6,7)74-57(51(35)65,58(39,42)73-50)25-21-32(5)52(66)68-29-34-13-9-10-14-40(34)59/h9-10,12-19,21-22,24,26,35,41-42,45-47,54,60,62-64H,11,20,23,25,27-29H2,1-8H3/t35?,41-,42?,45-,46-,47-,54-,56?,57?,58?/m1/s1. The number of aliphatic hydroxyl groups excluding tert-OH is 4. The molecule has 4 N–H and O–H groups in total. The molecule has 7 aliphatic rings. The number of aliphatic hydroxyl groups is 4. The number of carbonyl (C=O) groups excluding carboxylic acids is 4. The van der Waals surface area contributed by atoms with Crippen LogP contribution in [-0.2, 0) is 36.8 Å². The molecule has 10 atom stereocenters. The number of hydrogen-bond donors (Lipinski definition) is 4. The number of carbonyl (C=O) groups is 4. The SMILES string of the molecule is CC(C)=CCCC1(C)C=Cc2c(c(CC=C(C)C)c3c(c2OC(=O)c2ccc(O[C@@H]4O[C@H](CO)[C@@H](O)[C@@H](O)[C@H]4O)cc2)C(=O)C2=CC4CC5C(C)(C)OC(CC=C(C)C(=O)OCc6ccccc6Cl)(C4=O)C25O3)O1. The molecule has 10 rings (SSSR count). The summed E-state index contributed by atoms with van der Waals surface area (Å²) in [4.78, 5) is 59.1. The Hall–Kier alpha value is -5.91. The smallest absolute Gasteiger partial charge is 0.343 e. The second-order valence-electron chi connectivity index (χ2n) is 21.3. The van der Waals surface area contributed by atoms with Crippen molar-refractivity contribution >= 4 is 41.2 Å². The van der Waals surface area contributed by atoms with Gasteiger partial charge in [-0.3, -0.25) is 9.59 Å². The number of hydrogen-bond acceptors (Lipinski definition) is 15. The Kier molecular flexibility index (Phi) is 14.3. The number of benzene rings is 3. The zero-order chi connectivity index (χ0) is 53.2. The van der Waals surface area contributed by atoms with Crippen molar-refractivity contribution in [3.63, 3.8) is 0 Å². The van der Waals surface area contributed by atoms with Crippen molar-refractivity contribution in [2.24, 2.45) is 11.8 Å². The molecule has 5 unspecified atom stereocenters. The molecule has 3 aliphatic carbocycles. The molecule has 392 valence electrons. The Morgan fingerprint density at radius 1 is 0.878 bits per heavy atom. The van der Waals surface area contributed by atoms with Gasteiger partial charge in [-0.1, -0.05) is 65.3 Å². The van der Waals surface area contributed by atoms with E-state index in [2.05, 4.69) is 6.08 Å². The van der Waals surface area contributed by atoms with Gasteiger partial charge in [-0.25, -0.2) is 9.59 Å². The molecule has 3 aromatic carbocycles. The monoisotopic (exact) mass is 1030 g/mol. The lowest BCUT2D eigenvalue weighted by atomic mass is 9.51. The van der Waals surface area contributed by atoms with Crippen LogP contribution in [0.4, 0.5) is 0 Å². The first-order valence-corrected chi connectivity index (χ1v) is 25.4. The normalized spacial score (nSPS) is 29.9. The fourth-order valence-corrected chi connectivity index (χ4v) is 11.4. The molecule has 4 aliphatic heterocycles. The van der Waals surface area contributed by atoms with Crippen LogP contribution in [0.25, 0.3) is 6.08 Å². The lowest BCUT2D eigenvalue weighted by Crippen LogP contribution is -2.72. The van der Waals surface area contributed by atoms with Gasteiger partial charge >= 0.3 is 11.9 Å². The van der Waals surface area contributed by atoms with Crippen LogP contribution in [0.2, 0.25) is 5.02 Å². The van der Waals surface area contributed by atoms with Crippen molar-refractivity contribution in [1.29, 1.82) is 0 Å². The lowest BCUT2D eigenvalue weighted by Gasteiger charge is -2.56. The van der Waals surface area contributed by atoms with Gasteiger partial charge in [0, 0.05) is 45.6 Å². The lowest BCUT2D eigenvalue weighted by molar-refractivity contribution is -0.277. The average molecular weight is 1040 g/mol. The molecular weight excluding hydrogens is 972 g/mol. The molecule has 16 heteroatoms. The summed E-state index contributed by atoms with van der Waals surface area (Å²) in [7, 11) is 0. The summed E-state index contributed by atoms with van der Waals surface area (Å²) in [5, 5.41) is 41.2. The maximum Gasteiger partial charge on any atom is 0.343 e. The zero-order valence-corrected chi connectivity index (χ0v) is 43.5. The van der Waals surface area contributed by atoms with E-state index in [0.717, 1.165) is 11.1 Å². The highest BCUT2D eigenvalue weighted by Gasteiger charge is 2.81. The van der Waals surface area contributed by atoms with Crippen LogP contribution in [0.1, 0.15) is 118 Å². The van der Waals surface area contributed by atoms with E-state index in [1.54, 1.807) is 43.3 Å². The van der Waals surface area contributed by atoms with Crippen LogP contribution in [0.15, 0.2) is 101 Å². The topological polar surface area (TPSA) is 214 Å². The molecule has 74 heavy (non-hydrogen) atoms. The Balaban J connectivity index is 1.14. The molecule has 3 aromatic rings. The Labute approximate surface area is 435 Å². The largest absolute Gasteiger partial charge is 0.482 e. The van der Waals surface area contributed by atoms with E-state index in [1.165, 1.54) is 24.3 Å². The fourth-order valence-electron chi connectivity index (χ4n) is 11.3. The summed E-state index contributed by atoms with van der Waals surface area (Å²) in [5.74, 6) is -3.14. The highest BCUT2D eigenvalue weighted by molar-refractivity contribution is 6.31. The summed E-state index contributed by atoms with van der Waals surface area (Å²) < 4.78 is 44.9. The number of esters is 2. The highest BCUT2D eigenvalue weighted by atomic mass is 35.5. The highest BCUT2D eigenvalue weighted by Crippen LogP contribution is 2.69. The van der Waals surface area contributed by atoms with Gasteiger partial charge in [0.05, 0.1) is 23.3 Å². The number of Topliss-reactive ketones (excluding diaryl/α,β-unsaturated/α-hetero) is 2. The Morgan fingerprint density at radius 3 is 2.28 bits per heavy atom. The molecule has 1 spiro atoms. The van der Waals surface area contributed by atoms with E-state index < -0.39 is 89.3 Å². The van der Waals surface area contributed by atoms with Crippen molar-refractivity contribution in [2.75, 3.05) is 6.61 Å². The van der Waals surface area contributed by atoms with Gasteiger partial charge in [0.2, 0.25) is 6.29 Å². The van der Waals surface area contributed by atoms with Crippen molar-refractivity contribution < 1.29 is 72.8 Å². The van der Waals surface area contributed by atoms with Gasteiger partial charge < -0.3 is 53.6 Å². The maximum absolute atomic E-state index is 15.9. The second kappa shape index (κ2) is 20.0. The predicted octanol–water partition coefficient (Wildman–Crippen LogP) is 8.24. The number of halogens is 1. The van der Waals surface area contributed by atoms with Gasteiger partial charge in [0.15, 0.2) is 28.5 Å². The molecule has 0 aromatic heterocycles. The van der Waals surface area contributed by atoms with Gasteiger partial charge in [-0.05, 0) is 124 Å². The van der Waals surface area contributed by atoms with E-state index in [1.807, 2.05) is 66.7 Å². The number of rotatable bonds is 15. The minimum Gasteiger partial charge on any atom is -0.482 e. The fraction of sp³-hybridized carbons (Fsp3) is 0.448. The number of fused-ring (bicyclic) bond motifs is 2. The third-order valence-electron chi connectivity index (χ3n) is 15.2. The number of ether oxygens (including phenoxy) is 7. The van der Waals surface area contributed by atoms with Crippen molar-refractivity contribution in [1.82, 2.24) is 0 Å². The first kappa shape index (κ1) is 52.9. The summed E-state index contributed by atoms with van der Waals surface area (Å²) in [6, 6.07) is 12.7. The Morgan fingerprint density at radius 2 is 1.59 bits per heavy atom. The van der Waals surface area contributed by atoms with Gasteiger partial charge in [-0.2, -0.15) is 0 Å². The Bertz CT molecular complexity index is 2940. The quantitative estimate of drug-likeness (QED) is 0.0488. The number of ketones is 2. The summed E-state index contributed by atoms with van der Waals surface area (Å²) in [6.07, 6.45) is 5.21. The first-order chi connectivity index (χ1) is 35.0. The summed E-state index contributed by atoms with van der Waals surface area (Å²) >= 11 is 6.35. The van der Waals surface area contributed by atoms with Crippen molar-refractivity contribution in [3.05, 3.63) is 134 Å². The molecular formula is C58H63ClO15. The van der Waals surface area contributed by atoms with Crippen LogP contribution < -0.4 is 18.9 Å². The van der Waals surface area contributed by atoms with E-state index in [9.17, 15) is 30.0 Å². The molecule has 2 saturated heterocycles. The van der Waals surface area contributed by atoms with Crippen molar-refractivity contribution in [2.45, 2.75) is 147 Å². The third kappa shape index (κ3) is 9.13. The number of allylic oxidation sites excluding steroid dienone is 5. The third-order valence-corrected chi connectivity index (χ3v) is 15.5. The van der Waals surface area contributed by atoms with Gasteiger partial charge in [0.25, 0.3) is 0 Å². The van der Waals surface area contributed by atoms with Crippen LogP contribution in [0.3, 0.4) is 0 Å². The molecule has 3 fully saturated rings.